The van der Waals surface area contributed by atoms with Gasteiger partial charge in [-0.3, -0.25) is 19.3 Å². The molecule has 37 heavy (non-hydrogen) atoms. The molecule has 192 valence electrons. The van der Waals surface area contributed by atoms with E-state index in [1.807, 2.05) is 6.07 Å². The second-order valence-corrected chi connectivity index (χ2v) is 8.15. The summed E-state index contributed by atoms with van der Waals surface area (Å²) in [5.74, 6) is 0.274. The van der Waals surface area contributed by atoms with E-state index >= 15 is 0 Å². The van der Waals surface area contributed by atoms with Gasteiger partial charge < -0.3 is 29.6 Å². The molecule has 3 aromatic rings. The number of hydrogen-bond donors (Lipinski definition) is 2. The Morgan fingerprint density at radius 2 is 1.57 bits per heavy atom. The third-order valence-corrected chi connectivity index (χ3v) is 5.71. The van der Waals surface area contributed by atoms with Crippen molar-refractivity contribution in [3.8, 4) is 23.0 Å². The molecule has 10 heteroatoms. The lowest BCUT2D eigenvalue weighted by Gasteiger charge is -2.33. The Morgan fingerprint density at radius 3 is 2.19 bits per heavy atom. The number of para-hydroxylation sites is 1. The zero-order chi connectivity index (χ0) is 26.5. The first kappa shape index (κ1) is 25.4. The van der Waals surface area contributed by atoms with Crippen molar-refractivity contribution < 1.29 is 33.3 Å². The molecule has 1 atom stereocenters. The number of methoxy groups -OCH3 is 3. The third kappa shape index (κ3) is 5.43. The van der Waals surface area contributed by atoms with Crippen molar-refractivity contribution in [3.05, 3.63) is 66.2 Å². The van der Waals surface area contributed by atoms with E-state index in [0.29, 0.717) is 40.1 Å². The van der Waals surface area contributed by atoms with Gasteiger partial charge in [-0.1, -0.05) is 18.2 Å². The van der Waals surface area contributed by atoms with Crippen LogP contribution in [0, 0.1) is 0 Å². The van der Waals surface area contributed by atoms with Crippen LogP contribution in [0.5, 0.6) is 23.0 Å². The maximum atomic E-state index is 13.1. The molecule has 0 aromatic heterocycles. The molecule has 1 aliphatic heterocycles. The maximum Gasteiger partial charge on any atom is 0.268 e. The van der Waals surface area contributed by atoms with E-state index in [4.69, 9.17) is 18.9 Å². The van der Waals surface area contributed by atoms with Crippen LogP contribution in [-0.2, 0) is 9.59 Å². The highest BCUT2D eigenvalue weighted by atomic mass is 16.5. The average molecular weight is 506 g/mol. The fourth-order valence-corrected chi connectivity index (χ4v) is 3.93. The SMILES string of the molecule is COc1cc(C(=O)Nc2ccc3c(c2)N(CC(=O)Nc2ccccc2)C(=O)C(C)O3)cc(OC)c1OC. The van der Waals surface area contributed by atoms with E-state index < -0.39 is 12.0 Å². The number of ether oxygens (including phenoxy) is 4. The molecular weight excluding hydrogens is 478 g/mol. The highest BCUT2D eigenvalue weighted by molar-refractivity contribution is 6.08. The van der Waals surface area contributed by atoms with Crippen molar-refractivity contribution in [2.45, 2.75) is 13.0 Å². The summed E-state index contributed by atoms with van der Waals surface area (Å²) in [6.07, 6.45) is -0.767. The molecule has 0 spiro atoms. The van der Waals surface area contributed by atoms with Crippen LogP contribution in [-0.4, -0.2) is 51.7 Å². The summed E-state index contributed by atoms with van der Waals surface area (Å²) in [6, 6.07) is 16.9. The third-order valence-electron chi connectivity index (χ3n) is 5.71. The van der Waals surface area contributed by atoms with Crippen LogP contribution in [0.1, 0.15) is 17.3 Å². The summed E-state index contributed by atoms with van der Waals surface area (Å²) in [4.78, 5) is 40.0. The molecule has 1 heterocycles. The number of hydrogen-bond acceptors (Lipinski definition) is 7. The number of carbonyl (C=O) groups is 3. The van der Waals surface area contributed by atoms with Gasteiger partial charge in [-0.15, -0.1) is 0 Å². The van der Waals surface area contributed by atoms with Crippen molar-refractivity contribution >= 4 is 34.8 Å². The second-order valence-electron chi connectivity index (χ2n) is 8.15. The lowest BCUT2D eigenvalue weighted by atomic mass is 10.1. The summed E-state index contributed by atoms with van der Waals surface area (Å²) >= 11 is 0. The Balaban J connectivity index is 1.58. The second kappa shape index (κ2) is 10.9. The Hall–Kier alpha value is -4.73. The molecular formula is C27H27N3O7. The van der Waals surface area contributed by atoms with Gasteiger partial charge >= 0.3 is 0 Å². The molecule has 0 radical (unpaired) electrons. The van der Waals surface area contributed by atoms with Crippen molar-refractivity contribution in [1.29, 1.82) is 0 Å². The first-order valence-electron chi connectivity index (χ1n) is 11.4. The summed E-state index contributed by atoms with van der Waals surface area (Å²) in [5.41, 5.74) is 1.66. The minimum atomic E-state index is -0.767. The molecule has 1 unspecified atom stereocenters. The number of nitrogens with zero attached hydrogens (tertiary/aromatic N) is 1. The van der Waals surface area contributed by atoms with Gasteiger partial charge in [-0.05, 0) is 49.4 Å². The molecule has 0 bridgehead atoms. The van der Waals surface area contributed by atoms with Gasteiger partial charge in [-0.25, -0.2) is 0 Å². The van der Waals surface area contributed by atoms with Crippen molar-refractivity contribution in [2.75, 3.05) is 43.4 Å². The van der Waals surface area contributed by atoms with Gasteiger partial charge in [0.15, 0.2) is 17.6 Å². The standard InChI is InChI=1S/C27H27N3O7/c1-16-27(33)30(15-24(31)28-18-8-6-5-7-9-18)20-14-19(10-11-21(20)37-16)29-26(32)17-12-22(34-2)25(36-4)23(13-17)35-3/h5-14,16H,15H2,1-4H3,(H,28,31)(H,29,32). The molecule has 3 aromatic carbocycles. The first-order valence-corrected chi connectivity index (χ1v) is 11.4. The molecule has 0 saturated heterocycles. The van der Waals surface area contributed by atoms with Gasteiger partial charge in [0.1, 0.15) is 12.3 Å². The van der Waals surface area contributed by atoms with E-state index in [1.54, 1.807) is 49.4 Å². The molecule has 2 N–H and O–H groups in total. The molecule has 10 nitrogen and oxygen atoms in total. The van der Waals surface area contributed by atoms with E-state index in [2.05, 4.69) is 10.6 Å². The summed E-state index contributed by atoms with van der Waals surface area (Å²) in [7, 11) is 4.40. The topological polar surface area (TPSA) is 115 Å². The summed E-state index contributed by atoms with van der Waals surface area (Å²) < 4.78 is 21.7. The maximum absolute atomic E-state index is 13.1. The monoisotopic (exact) mass is 505 g/mol. The minimum absolute atomic E-state index is 0.224. The van der Waals surface area contributed by atoms with Crippen molar-refractivity contribution in [2.24, 2.45) is 0 Å². The fourth-order valence-electron chi connectivity index (χ4n) is 3.93. The number of amides is 3. The Kier molecular flexibility index (Phi) is 7.47. The van der Waals surface area contributed by atoms with Crippen molar-refractivity contribution in [3.63, 3.8) is 0 Å². The Labute approximate surface area is 214 Å². The zero-order valence-electron chi connectivity index (χ0n) is 20.9. The first-order chi connectivity index (χ1) is 17.8. The Morgan fingerprint density at radius 1 is 0.892 bits per heavy atom. The highest BCUT2D eigenvalue weighted by Crippen LogP contribution is 2.39. The Bertz CT molecular complexity index is 1300. The number of carbonyl (C=O) groups excluding carboxylic acids is 3. The summed E-state index contributed by atoms with van der Waals surface area (Å²) in [6.45, 7) is 1.40. The minimum Gasteiger partial charge on any atom is -0.493 e. The number of nitrogens with one attached hydrogen (secondary N) is 2. The highest BCUT2D eigenvalue weighted by Gasteiger charge is 2.33. The molecule has 0 fully saturated rings. The normalized spacial score (nSPS) is 14.2. The van der Waals surface area contributed by atoms with Crippen LogP contribution in [0.4, 0.5) is 17.1 Å². The summed E-state index contributed by atoms with van der Waals surface area (Å²) in [5, 5.41) is 5.58. The average Bonchev–Trinajstić information content (AvgIpc) is 2.91. The smallest absolute Gasteiger partial charge is 0.268 e. The molecule has 1 aliphatic rings. The lowest BCUT2D eigenvalue weighted by Crippen LogP contribution is -2.47. The predicted octanol–water partition coefficient (Wildman–Crippen LogP) is 3.72. The number of anilines is 3. The van der Waals surface area contributed by atoms with E-state index in [1.165, 1.54) is 38.4 Å². The molecule has 3 amide bonds. The largest absolute Gasteiger partial charge is 0.493 e. The van der Waals surface area contributed by atoms with Crippen molar-refractivity contribution in [1.82, 2.24) is 0 Å². The van der Waals surface area contributed by atoms with Gasteiger partial charge in [0.2, 0.25) is 11.7 Å². The van der Waals surface area contributed by atoms with Crippen LogP contribution >= 0.6 is 0 Å². The lowest BCUT2D eigenvalue weighted by molar-refractivity contribution is -0.127. The van der Waals surface area contributed by atoms with Crippen LogP contribution in [0.3, 0.4) is 0 Å². The van der Waals surface area contributed by atoms with Gasteiger partial charge in [0.25, 0.3) is 11.8 Å². The van der Waals surface area contributed by atoms with Gasteiger partial charge in [0, 0.05) is 16.9 Å². The zero-order valence-corrected chi connectivity index (χ0v) is 20.9. The van der Waals surface area contributed by atoms with Gasteiger partial charge in [-0.2, -0.15) is 0 Å². The number of fused-ring (bicyclic) bond motifs is 1. The van der Waals surface area contributed by atoms with E-state index in [-0.39, 0.29) is 23.9 Å². The number of rotatable bonds is 8. The fraction of sp³-hybridized carbons (Fsp3) is 0.222. The predicted molar refractivity (Wildman–Crippen MR) is 138 cm³/mol. The van der Waals surface area contributed by atoms with Crippen LogP contribution in [0.15, 0.2) is 60.7 Å². The number of benzene rings is 3. The molecule has 0 saturated carbocycles. The van der Waals surface area contributed by atoms with E-state index in [9.17, 15) is 14.4 Å². The van der Waals surface area contributed by atoms with Crippen LogP contribution in [0.25, 0.3) is 0 Å². The quantitative estimate of drug-likeness (QED) is 0.479. The molecule has 4 rings (SSSR count). The molecule has 0 aliphatic carbocycles. The van der Waals surface area contributed by atoms with E-state index in [0.717, 1.165) is 0 Å². The van der Waals surface area contributed by atoms with Crippen LogP contribution in [0.2, 0.25) is 0 Å². The van der Waals surface area contributed by atoms with Gasteiger partial charge in [0.05, 0.1) is 27.0 Å². The van der Waals surface area contributed by atoms with Crippen LogP contribution < -0.4 is 34.5 Å².